The Morgan fingerprint density at radius 3 is 2.95 bits per heavy atom. The van der Waals surface area contributed by atoms with E-state index in [9.17, 15) is 0 Å². The first-order chi connectivity index (χ1) is 9.36. The number of nitrogens with one attached hydrogen (secondary N) is 1. The van der Waals surface area contributed by atoms with Gasteiger partial charge in [-0.25, -0.2) is 9.97 Å². The minimum Gasteiger partial charge on any atom is -0.367 e. The SMILES string of the molecule is CCC1CCCC(Nc2ncnc3c2CCCC3)C1. The van der Waals surface area contributed by atoms with E-state index in [1.807, 2.05) is 0 Å². The highest BCUT2D eigenvalue weighted by Crippen LogP contribution is 2.30. The molecule has 0 aliphatic heterocycles. The second-order valence-electron chi connectivity index (χ2n) is 6.14. The Labute approximate surface area is 116 Å². The monoisotopic (exact) mass is 259 g/mol. The van der Waals surface area contributed by atoms with Crippen molar-refractivity contribution in [3.05, 3.63) is 17.6 Å². The largest absolute Gasteiger partial charge is 0.367 e. The molecule has 0 spiro atoms. The van der Waals surface area contributed by atoms with Crippen molar-refractivity contribution < 1.29 is 0 Å². The molecule has 1 heterocycles. The summed E-state index contributed by atoms with van der Waals surface area (Å²) in [4.78, 5) is 8.97. The highest BCUT2D eigenvalue weighted by Gasteiger charge is 2.23. The second kappa shape index (κ2) is 5.89. The van der Waals surface area contributed by atoms with Crippen LogP contribution < -0.4 is 5.32 Å². The van der Waals surface area contributed by atoms with Gasteiger partial charge in [-0.2, -0.15) is 0 Å². The van der Waals surface area contributed by atoms with E-state index in [-0.39, 0.29) is 0 Å². The van der Waals surface area contributed by atoms with Gasteiger partial charge in [-0.05, 0) is 44.4 Å². The number of nitrogens with zero attached hydrogens (tertiary/aromatic N) is 2. The van der Waals surface area contributed by atoms with E-state index >= 15 is 0 Å². The highest BCUT2D eigenvalue weighted by molar-refractivity contribution is 5.47. The molecule has 0 aromatic carbocycles. The van der Waals surface area contributed by atoms with Crippen molar-refractivity contribution in [2.24, 2.45) is 5.92 Å². The Morgan fingerprint density at radius 1 is 1.16 bits per heavy atom. The fourth-order valence-corrected chi connectivity index (χ4v) is 3.63. The molecule has 0 bridgehead atoms. The molecule has 3 heteroatoms. The van der Waals surface area contributed by atoms with Crippen LogP contribution >= 0.6 is 0 Å². The van der Waals surface area contributed by atoms with Crippen molar-refractivity contribution in [1.29, 1.82) is 0 Å². The number of hydrogen-bond acceptors (Lipinski definition) is 3. The molecule has 1 N–H and O–H groups in total. The van der Waals surface area contributed by atoms with Crippen molar-refractivity contribution >= 4 is 5.82 Å². The van der Waals surface area contributed by atoms with Crippen LogP contribution in [0.4, 0.5) is 5.82 Å². The molecule has 3 rings (SSSR count). The summed E-state index contributed by atoms with van der Waals surface area (Å²) in [6, 6.07) is 0.625. The number of anilines is 1. The highest BCUT2D eigenvalue weighted by atomic mass is 15.0. The zero-order chi connectivity index (χ0) is 13.1. The lowest BCUT2D eigenvalue weighted by Gasteiger charge is -2.30. The number of aromatic nitrogens is 2. The van der Waals surface area contributed by atoms with E-state index in [1.54, 1.807) is 6.33 Å². The third kappa shape index (κ3) is 2.90. The predicted octanol–water partition coefficient (Wildman–Crippen LogP) is 3.74. The molecule has 0 radical (unpaired) electrons. The summed E-state index contributed by atoms with van der Waals surface area (Å²) < 4.78 is 0. The van der Waals surface area contributed by atoms with Gasteiger partial charge < -0.3 is 5.32 Å². The van der Waals surface area contributed by atoms with Crippen molar-refractivity contribution in [2.45, 2.75) is 70.8 Å². The topological polar surface area (TPSA) is 37.8 Å². The maximum Gasteiger partial charge on any atom is 0.133 e. The molecule has 2 atom stereocenters. The van der Waals surface area contributed by atoms with E-state index in [1.165, 1.54) is 56.2 Å². The average molecular weight is 259 g/mol. The Bertz CT molecular complexity index is 430. The van der Waals surface area contributed by atoms with E-state index in [0.29, 0.717) is 6.04 Å². The molecule has 2 aliphatic carbocycles. The third-order valence-electron chi connectivity index (χ3n) is 4.83. The van der Waals surface area contributed by atoms with Crippen LogP contribution in [0, 0.1) is 5.92 Å². The predicted molar refractivity (Wildman–Crippen MR) is 78.3 cm³/mol. The molecule has 1 aromatic rings. The molecule has 0 saturated heterocycles. The van der Waals surface area contributed by atoms with Crippen LogP contribution in [-0.4, -0.2) is 16.0 Å². The minimum atomic E-state index is 0.625. The van der Waals surface area contributed by atoms with E-state index < -0.39 is 0 Å². The van der Waals surface area contributed by atoms with Crippen LogP contribution in [0.1, 0.15) is 63.1 Å². The quantitative estimate of drug-likeness (QED) is 0.898. The van der Waals surface area contributed by atoms with Gasteiger partial charge in [0.25, 0.3) is 0 Å². The van der Waals surface area contributed by atoms with Crippen molar-refractivity contribution in [1.82, 2.24) is 9.97 Å². The van der Waals surface area contributed by atoms with Gasteiger partial charge in [-0.3, -0.25) is 0 Å². The molecule has 0 amide bonds. The van der Waals surface area contributed by atoms with Gasteiger partial charge in [-0.1, -0.05) is 26.2 Å². The first kappa shape index (κ1) is 12.9. The Kier molecular flexibility index (Phi) is 4.00. The van der Waals surface area contributed by atoms with Gasteiger partial charge in [0.15, 0.2) is 0 Å². The van der Waals surface area contributed by atoms with Crippen molar-refractivity contribution in [3.8, 4) is 0 Å². The van der Waals surface area contributed by atoms with Crippen LogP contribution in [0.25, 0.3) is 0 Å². The van der Waals surface area contributed by atoms with E-state index in [0.717, 1.165) is 24.6 Å². The summed E-state index contributed by atoms with van der Waals surface area (Å²) >= 11 is 0. The second-order valence-corrected chi connectivity index (χ2v) is 6.14. The zero-order valence-corrected chi connectivity index (χ0v) is 12.0. The molecule has 1 aromatic heterocycles. The molecule has 3 nitrogen and oxygen atoms in total. The molecule has 2 aliphatic rings. The van der Waals surface area contributed by atoms with Crippen LogP contribution in [0.15, 0.2) is 6.33 Å². The molecule has 1 fully saturated rings. The van der Waals surface area contributed by atoms with Crippen LogP contribution in [-0.2, 0) is 12.8 Å². The van der Waals surface area contributed by atoms with Gasteiger partial charge in [0.05, 0.1) is 0 Å². The fraction of sp³-hybridized carbons (Fsp3) is 0.750. The first-order valence-corrected chi connectivity index (χ1v) is 7.96. The maximum atomic E-state index is 4.51. The van der Waals surface area contributed by atoms with Gasteiger partial charge in [0, 0.05) is 17.3 Å². The first-order valence-electron chi connectivity index (χ1n) is 7.96. The standard InChI is InChI=1S/C16H25N3/c1-2-12-6-5-7-13(10-12)19-16-14-8-3-4-9-15(14)17-11-18-16/h11-13H,2-10H2,1H3,(H,17,18,19). The number of fused-ring (bicyclic) bond motifs is 1. The lowest BCUT2D eigenvalue weighted by atomic mass is 9.84. The molecule has 1 saturated carbocycles. The lowest BCUT2D eigenvalue weighted by molar-refractivity contribution is 0.327. The normalized spacial score (nSPS) is 26.8. The number of hydrogen-bond donors (Lipinski definition) is 1. The van der Waals surface area contributed by atoms with Gasteiger partial charge >= 0.3 is 0 Å². The van der Waals surface area contributed by atoms with Crippen molar-refractivity contribution in [3.63, 3.8) is 0 Å². The summed E-state index contributed by atoms with van der Waals surface area (Å²) in [7, 11) is 0. The minimum absolute atomic E-state index is 0.625. The van der Waals surface area contributed by atoms with Crippen LogP contribution in [0.2, 0.25) is 0 Å². The Morgan fingerprint density at radius 2 is 2.05 bits per heavy atom. The Hall–Kier alpha value is -1.12. The summed E-state index contributed by atoms with van der Waals surface area (Å²) in [6.07, 6.45) is 13.3. The molecular formula is C16H25N3. The third-order valence-corrected chi connectivity index (χ3v) is 4.83. The smallest absolute Gasteiger partial charge is 0.133 e. The summed E-state index contributed by atoms with van der Waals surface area (Å²) in [6.45, 7) is 2.32. The molecule has 104 valence electrons. The zero-order valence-electron chi connectivity index (χ0n) is 12.0. The van der Waals surface area contributed by atoms with Gasteiger partial charge in [-0.15, -0.1) is 0 Å². The van der Waals surface area contributed by atoms with Crippen LogP contribution in [0.5, 0.6) is 0 Å². The lowest BCUT2D eigenvalue weighted by Crippen LogP contribution is -2.28. The number of rotatable bonds is 3. The van der Waals surface area contributed by atoms with E-state index in [4.69, 9.17) is 0 Å². The van der Waals surface area contributed by atoms with Gasteiger partial charge in [0.1, 0.15) is 12.1 Å². The van der Waals surface area contributed by atoms with E-state index in [2.05, 4.69) is 22.2 Å². The van der Waals surface area contributed by atoms with Gasteiger partial charge in [0.2, 0.25) is 0 Å². The van der Waals surface area contributed by atoms with Crippen molar-refractivity contribution in [2.75, 3.05) is 5.32 Å². The molecule has 2 unspecified atom stereocenters. The molecular weight excluding hydrogens is 234 g/mol. The summed E-state index contributed by atoms with van der Waals surface area (Å²) in [5.41, 5.74) is 2.68. The molecule has 19 heavy (non-hydrogen) atoms. The number of aryl methyl sites for hydroxylation is 1. The van der Waals surface area contributed by atoms with Crippen LogP contribution in [0.3, 0.4) is 0 Å². The summed E-state index contributed by atoms with van der Waals surface area (Å²) in [5.74, 6) is 2.04. The fourth-order valence-electron chi connectivity index (χ4n) is 3.63. The average Bonchev–Trinajstić information content (AvgIpc) is 2.48. The maximum absolute atomic E-state index is 4.51. The summed E-state index contributed by atoms with van der Waals surface area (Å²) in [5, 5.41) is 3.72. The Balaban J connectivity index is 1.72.